The van der Waals surface area contributed by atoms with Crippen LogP contribution in [-0.4, -0.2) is 29.9 Å². The number of rotatable bonds is 3. The Bertz CT molecular complexity index is 763. The Hall–Kier alpha value is -2.53. The van der Waals surface area contributed by atoms with E-state index in [2.05, 4.69) is 16.7 Å². The Morgan fingerprint density at radius 3 is 2.67 bits per heavy atom. The molecule has 5 nitrogen and oxygen atoms in total. The number of nitrogens with one attached hydrogen (secondary N) is 2. The number of carbonyl (C=O) groups is 2. The molecule has 24 heavy (non-hydrogen) atoms. The number of benzene rings is 2. The number of hydrogen-bond donors (Lipinski definition) is 2. The highest BCUT2D eigenvalue weighted by atomic mass is 35.5. The van der Waals surface area contributed by atoms with Crippen molar-refractivity contribution in [3.63, 3.8) is 0 Å². The van der Waals surface area contributed by atoms with Crippen LogP contribution in [0.15, 0.2) is 48.5 Å². The van der Waals surface area contributed by atoms with Gasteiger partial charge in [0.25, 0.3) is 0 Å². The Morgan fingerprint density at radius 1 is 1.08 bits per heavy atom. The van der Waals surface area contributed by atoms with E-state index < -0.39 is 6.03 Å². The van der Waals surface area contributed by atoms with Crippen molar-refractivity contribution >= 4 is 29.2 Å². The highest BCUT2D eigenvalue weighted by molar-refractivity contribution is 6.30. The molecule has 124 valence electrons. The number of hydrogen-bond acceptors (Lipinski definition) is 2. The molecule has 0 bridgehead atoms. The van der Waals surface area contributed by atoms with Crippen LogP contribution in [0.3, 0.4) is 0 Å². The van der Waals surface area contributed by atoms with E-state index in [-0.39, 0.29) is 12.5 Å². The number of halogens is 1. The van der Waals surface area contributed by atoms with Gasteiger partial charge in [0.1, 0.15) is 0 Å². The molecule has 0 atom stereocenters. The van der Waals surface area contributed by atoms with E-state index in [0.717, 1.165) is 6.42 Å². The molecule has 1 aliphatic rings. The molecule has 0 saturated heterocycles. The summed E-state index contributed by atoms with van der Waals surface area (Å²) in [4.78, 5) is 25.9. The second-order valence-corrected chi connectivity index (χ2v) is 6.09. The van der Waals surface area contributed by atoms with Crippen LogP contribution >= 0.6 is 11.6 Å². The average molecular weight is 344 g/mol. The summed E-state index contributed by atoms with van der Waals surface area (Å²) in [7, 11) is 0. The molecule has 3 amide bonds. The van der Waals surface area contributed by atoms with Gasteiger partial charge in [-0.2, -0.15) is 0 Å². The third kappa shape index (κ3) is 4.06. The normalized spacial score (nSPS) is 13.1. The Morgan fingerprint density at radius 2 is 1.88 bits per heavy atom. The Labute approximate surface area is 145 Å². The third-order valence-electron chi connectivity index (χ3n) is 3.97. The summed E-state index contributed by atoms with van der Waals surface area (Å²) in [5, 5.41) is 5.78. The SMILES string of the molecule is O=C(NCC(=O)N1CCc2ccccc2C1)Nc1cccc(Cl)c1. The summed E-state index contributed by atoms with van der Waals surface area (Å²) in [6.07, 6.45) is 0.844. The van der Waals surface area contributed by atoms with Gasteiger partial charge < -0.3 is 15.5 Å². The minimum Gasteiger partial charge on any atom is -0.336 e. The lowest BCUT2D eigenvalue weighted by molar-refractivity contribution is -0.130. The van der Waals surface area contributed by atoms with Crippen molar-refractivity contribution in [2.75, 3.05) is 18.4 Å². The quantitative estimate of drug-likeness (QED) is 0.899. The first-order valence-corrected chi connectivity index (χ1v) is 8.14. The van der Waals surface area contributed by atoms with Gasteiger partial charge in [-0.3, -0.25) is 4.79 Å². The molecule has 0 radical (unpaired) electrons. The van der Waals surface area contributed by atoms with E-state index >= 15 is 0 Å². The minimum absolute atomic E-state index is 0.0332. The summed E-state index contributed by atoms with van der Waals surface area (Å²) in [5.74, 6) is -0.0919. The highest BCUT2D eigenvalue weighted by Gasteiger charge is 2.20. The number of fused-ring (bicyclic) bond motifs is 1. The van der Waals surface area contributed by atoms with Gasteiger partial charge in [-0.15, -0.1) is 0 Å². The number of nitrogens with zero attached hydrogens (tertiary/aromatic N) is 1. The first-order chi connectivity index (χ1) is 11.6. The van der Waals surface area contributed by atoms with Gasteiger partial charge in [0.15, 0.2) is 0 Å². The van der Waals surface area contributed by atoms with Crippen molar-refractivity contribution in [2.24, 2.45) is 0 Å². The van der Waals surface area contributed by atoms with E-state index in [1.54, 1.807) is 29.2 Å². The van der Waals surface area contributed by atoms with Crippen molar-refractivity contribution in [3.05, 3.63) is 64.7 Å². The number of anilines is 1. The van der Waals surface area contributed by atoms with Crippen molar-refractivity contribution in [3.8, 4) is 0 Å². The predicted molar refractivity (Wildman–Crippen MR) is 94.0 cm³/mol. The van der Waals surface area contributed by atoms with E-state index in [9.17, 15) is 9.59 Å². The van der Waals surface area contributed by atoms with Gasteiger partial charge in [0.05, 0.1) is 6.54 Å². The summed E-state index contributed by atoms with van der Waals surface area (Å²) >= 11 is 5.87. The van der Waals surface area contributed by atoms with E-state index in [4.69, 9.17) is 11.6 Å². The maximum absolute atomic E-state index is 12.3. The molecule has 0 fully saturated rings. The maximum Gasteiger partial charge on any atom is 0.319 e. The van der Waals surface area contributed by atoms with Crippen LogP contribution in [0.25, 0.3) is 0 Å². The highest BCUT2D eigenvalue weighted by Crippen LogP contribution is 2.18. The van der Waals surface area contributed by atoms with Crippen LogP contribution in [0, 0.1) is 0 Å². The zero-order chi connectivity index (χ0) is 16.9. The standard InChI is InChI=1S/C18H18ClN3O2/c19-15-6-3-7-16(10-15)21-18(24)20-11-17(23)22-9-8-13-4-1-2-5-14(13)12-22/h1-7,10H,8-9,11-12H2,(H2,20,21,24). The van der Waals surface area contributed by atoms with E-state index in [0.29, 0.717) is 23.8 Å². The molecular weight excluding hydrogens is 326 g/mol. The smallest absolute Gasteiger partial charge is 0.319 e. The fourth-order valence-electron chi connectivity index (χ4n) is 2.72. The topological polar surface area (TPSA) is 61.4 Å². The molecule has 6 heteroatoms. The molecule has 2 aromatic rings. The zero-order valence-corrected chi connectivity index (χ0v) is 13.8. The van der Waals surface area contributed by atoms with Crippen LogP contribution in [0.5, 0.6) is 0 Å². The lowest BCUT2D eigenvalue weighted by Crippen LogP contribution is -2.43. The zero-order valence-electron chi connectivity index (χ0n) is 13.1. The van der Waals surface area contributed by atoms with Gasteiger partial charge in [-0.1, -0.05) is 41.9 Å². The van der Waals surface area contributed by atoms with Crippen molar-refractivity contribution in [1.82, 2.24) is 10.2 Å². The molecule has 0 saturated carbocycles. The fourth-order valence-corrected chi connectivity index (χ4v) is 2.91. The molecule has 1 aliphatic heterocycles. The number of urea groups is 1. The van der Waals surface area contributed by atoms with Crippen LogP contribution in [-0.2, 0) is 17.8 Å². The van der Waals surface area contributed by atoms with Gasteiger partial charge in [0, 0.05) is 23.8 Å². The van der Waals surface area contributed by atoms with Crippen LogP contribution in [0.4, 0.5) is 10.5 Å². The summed E-state index contributed by atoms with van der Waals surface area (Å²) in [6, 6.07) is 14.5. The first kappa shape index (κ1) is 16.3. The van der Waals surface area contributed by atoms with E-state index in [1.807, 2.05) is 18.2 Å². The monoisotopic (exact) mass is 343 g/mol. The summed E-state index contributed by atoms with van der Waals surface area (Å²) in [6.45, 7) is 1.23. The number of carbonyl (C=O) groups excluding carboxylic acids is 2. The third-order valence-corrected chi connectivity index (χ3v) is 4.20. The lowest BCUT2D eigenvalue weighted by atomic mass is 10.00. The lowest BCUT2D eigenvalue weighted by Gasteiger charge is -2.29. The van der Waals surface area contributed by atoms with E-state index in [1.165, 1.54) is 11.1 Å². The largest absolute Gasteiger partial charge is 0.336 e. The van der Waals surface area contributed by atoms with Crippen molar-refractivity contribution in [1.29, 1.82) is 0 Å². The molecule has 2 aromatic carbocycles. The maximum atomic E-state index is 12.3. The molecule has 0 aromatic heterocycles. The average Bonchev–Trinajstić information content (AvgIpc) is 2.59. The second-order valence-electron chi connectivity index (χ2n) is 5.65. The predicted octanol–water partition coefficient (Wildman–Crippen LogP) is 3.05. The first-order valence-electron chi connectivity index (χ1n) is 7.77. The van der Waals surface area contributed by atoms with Gasteiger partial charge in [0.2, 0.25) is 5.91 Å². The van der Waals surface area contributed by atoms with Gasteiger partial charge >= 0.3 is 6.03 Å². The Balaban J connectivity index is 1.50. The molecule has 3 rings (SSSR count). The molecule has 2 N–H and O–H groups in total. The van der Waals surface area contributed by atoms with Crippen LogP contribution in [0.2, 0.25) is 5.02 Å². The number of amides is 3. The summed E-state index contributed by atoms with van der Waals surface area (Å²) in [5.41, 5.74) is 3.04. The van der Waals surface area contributed by atoms with Crippen molar-refractivity contribution in [2.45, 2.75) is 13.0 Å². The summed E-state index contributed by atoms with van der Waals surface area (Å²) < 4.78 is 0. The van der Waals surface area contributed by atoms with Crippen LogP contribution < -0.4 is 10.6 Å². The molecule has 0 spiro atoms. The molecule has 0 aliphatic carbocycles. The molecule has 1 heterocycles. The molecule has 0 unspecified atom stereocenters. The second kappa shape index (κ2) is 7.36. The van der Waals surface area contributed by atoms with Crippen LogP contribution in [0.1, 0.15) is 11.1 Å². The fraction of sp³-hybridized carbons (Fsp3) is 0.222. The van der Waals surface area contributed by atoms with Crippen molar-refractivity contribution < 1.29 is 9.59 Å². The Kier molecular flexibility index (Phi) is 5.01. The van der Waals surface area contributed by atoms with Gasteiger partial charge in [-0.25, -0.2) is 4.79 Å². The minimum atomic E-state index is -0.428. The molecular formula is C18H18ClN3O2. The van der Waals surface area contributed by atoms with Gasteiger partial charge in [-0.05, 0) is 35.7 Å².